The van der Waals surface area contributed by atoms with Gasteiger partial charge in [0.2, 0.25) is 0 Å². The molecule has 0 aromatic rings. The first-order chi connectivity index (χ1) is 6.07. The van der Waals surface area contributed by atoms with Crippen molar-refractivity contribution in [1.82, 2.24) is 5.32 Å². The van der Waals surface area contributed by atoms with Crippen molar-refractivity contribution < 1.29 is 4.39 Å². The summed E-state index contributed by atoms with van der Waals surface area (Å²) in [5.41, 5.74) is 1.65. The molecule has 0 spiro atoms. The van der Waals surface area contributed by atoms with E-state index in [0.29, 0.717) is 0 Å². The van der Waals surface area contributed by atoms with Crippen molar-refractivity contribution in [3.8, 4) is 0 Å². The Bertz CT molecular complexity index is 238. The molecule has 0 amide bonds. The fourth-order valence-corrected chi connectivity index (χ4v) is 0.745. The number of halogens is 1. The Labute approximate surface area is 79.3 Å². The van der Waals surface area contributed by atoms with E-state index in [2.05, 4.69) is 25.1 Å². The number of rotatable bonds is 6. The quantitative estimate of drug-likeness (QED) is 0.621. The molecular weight excluding hydrogens is 165 g/mol. The Morgan fingerprint density at radius 3 is 2.38 bits per heavy atom. The predicted octanol–water partition coefficient (Wildman–Crippen LogP) is 2.75. The lowest BCUT2D eigenvalue weighted by molar-refractivity contribution is 0.671. The first-order valence-electron chi connectivity index (χ1n) is 4.12. The van der Waals surface area contributed by atoms with E-state index in [9.17, 15) is 4.39 Å². The van der Waals surface area contributed by atoms with Crippen molar-refractivity contribution in [2.24, 2.45) is 0 Å². The van der Waals surface area contributed by atoms with Gasteiger partial charge in [-0.1, -0.05) is 25.8 Å². The van der Waals surface area contributed by atoms with Gasteiger partial charge in [-0.05, 0) is 37.2 Å². The summed E-state index contributed by atoms with van der Waals surface area (Å²) in [4.78, 5) is 0. The molecule has 1 nitrogen and oxygen atoms in total. The van der Waals surface area contributed by atoms with E-state index in [0.717, 1.165) is 24.1 Å². The van der Waals surface area contributed by atoms with Crippen LogP contribution in [-0.4, -0.2) is 13.6 Å². The second-order valence-corrected chi connectivity index (χ2v) is 2.76. The van der Waals surface area contributed by atoms with Crippen LogP contribution in [0.4, 0.5) is 4.39 Å². The summed E-state index contributed by atoms with van der Waals surface area (Å²) >= 11 is 0. The molecule has 1 N–H and O–H groups in total. The minimum Gasteiger partial charge on any atom is -0.319 e. The Kier molecular flexibility index (Phi) is 5.81. The SMILES string of the molecule is C=C(F)/C=C\C(=C)C(=C)CCNC. The van der Waals surface area contributed by atoms with Crippen LogP contribution in [0.1, 0.15) is 6.42 Å². The van der Waals surface area contributed by atoms with Crippen LogP contribution in [0.15, 0.2) is 48.9 Å². The summed E-state index contributed by atoms with van der Waals surface area (Å²) in [7, 11) is 1.87. The molecule has 0 fully saturated rings. The number of nitrogens with one attached hydrogen (secondary N) is 1. The second-order valence-electron chi connectivity index (χ2n) is 2.76. The van der Waals surface area contributed by atoms with Crippen LogP contribution >= 0.6 is 0 Å². The molecule has 0 saturated heterocycles. The number of hydrogen-bond acceptors (Lipinski definition) is 1. The molecule has 0 aromatic heterocycles. The van der Waals surface area contributed by atoms with E-state index in [1.165, 1.54) is 6.08 Å². The van der Waals surface area contributed by atoms with E-state index >= 15 is 0 Å². The molecule has 13 heavy (non-hydrogen) atoms. The third-order valence-corrected chi connectivity index (χ3v) is 1.60. The highest BCUT2D eigenvalue weighted by atomic mass is 19.1. The zero-order chi connectivity index (χ0) is 10.3. The second kappa shape index (κ2) is 6.38. The monoisotopic (exact) mass is 181 g/mol. The highest BCUT2D eigenvalue weighted by Crippen LogP contribution is 2.11. The van der Waals surface area contributed by atoms with E-state index in [1.54, 1.807) is 6.08 Å². The molecule has 0 unspecified atom stereocenters. The molecule has 0 aliphatic carbocycles. The Morgan fingerprint density at radius 2 is 1.92 bits per heavy atom. The maximum atomic E-state index is 12.2. The molecule has 0 aliphatic heterocycles. The minimum absolute atomic E-state index is 0.470. The van der Waals surface area contributed by atoms with Gasteiger partial charge in [-0.3, -0.25) is 0 Å². The summed E-state index contributed by atoms with van der Waals surface area (Å²) in [5, 5.41) is 3.00. The highest BCUT2D eigenvalue weighted by Gasteiger charge is 1.95. The van der Waals surface area contributed by atoms with E-state index in [1.807, 2.05) is 7.05 Å². The molecule has 0 rings (SSSR count). The van der Waals surface area contributed by atoms with Crippen LogP contribution in [0, 0.1) is 0 Å². The average molecular weight is 181 g/mol. The fraction of sp³-hybridized carbons (Fsp3) is 0.273. The predicted molar refractivity (Wildman–Crippen MR) is 56.2 cm³/mol. The number of allylic oxidation sites excluding steroid dienone is 4. The van der Waals surface area contributed by atoms with E-state index < -0.39 is 5.83 Å². The van der Waals surface area contributed by atoms with Gasteiger partial charge in [0.15, 0.2) is 0 Å². The van der Waals surface area contributed by atoms with Crippen molar-refractivity contribution in [2.45, 2.75) is 6.42 Å². The first kappa shape index (κ1) is 11.8. The Hall–Kier alpha value is -1.15. The van der Waals surface area contributed by atoms with Crippen LogP contribution < -0.4 is 5.32 Å². The normalized spacial score (nSPS) is 10.3. The fourth-order valence-electron chi connectivity index (χ4n) is 0.745. The average Bonchev–Trinajstić information content (AvgIpc) is 2.10. The molecule has 72 valence electrons. The molecule has 0 aliphatic rings. The van der Waals surface area contributed by atoms with Gasteiger partial charge >= 0.3 is 0 Å². The minimum atomic E-state index is -0.470. The van der Waals surface area contributed by atoms with Gasteiger partial charge < -0.3 is 5.32 Å². The largest absolute Gasteiger partial charge is 0.319 e. The van der Waals surface area contributed by atoms with Crippen molar-refractivity contribution in [3.63, 3.8) is 0 Å². The zero-order valence-corrected chi connectivity index (χ0v) is 8.07. The Morgan fingerprint density at radius 1 is 1.31 bits per heavy atom. The van der Waals surface area contributed by atoms with Crippen LogP contribution in [0.2, 0.25) is 0 Å². The van der Waals surface area contributed by atoms with Crippen molar-refractivity contribution in [2.75, 3.05) is 13.6 Å². The standard InChI is InChI=1S/C11H16FN/c1-9(5-6-11(3)12)10(2)7-8-13-4/h5-6,13H,1-3,7-8H2,4H3/b6-5-. The van der Waals surface area contributed by atoms with E-state index in [4.69, 9.17) is 0 Å². The van der Waals surface area contributed by atoms with Crippen molar-refractivity contribution in [1.29, 1.82) is 0 Å². The molecule has 0 radical (unpaired) electrons. The molecular formula is C11H16FN. The van der Waals surface area contributed by atoms with Gasteiger partial charge in [0.1, 0.15) is 5.83 Å². The summed E-state index contributed by atoms with van der Waals surface area (Å²) < 4.78 is 12.2. The summed E-state index contributed by atoms with van der Waals surface area (Å²) in [6, 6.07) is 0. The lowest BCUT2D eigenvalue weighted by atomic mass is 10.1. The maximum absolute atomic E-state index is 12.2. The molecule has 0 bridgehead atoms. The van der Waals surface area contributed by atoms with Gasteiger partial charge in [-0.15, -0.1) is 0 Å². The van der Waals surface area contributed by atoms with Gasteiger partial charge in [0.05, 0.1) is 0 Å². The van der Waals surface area contributed by atoms with Crippen molar-refractivity contribution in [3.05, 3.63) is 48.9 Å². The van der Waals surface area contributed by atoms with Gasteiger partial charge in [-0.25, -0.2) is 4.39 Å². The summed E-state index contributed by atoms with van der Waals surface area (Å²) in [5.74, 6) is -0.470. The molecule has 0 aromatic carbocycles. The van der Waals surface area contributed by atoms with Crippen LogP contribution in [0.3, 0.4) is 0 Å². The Balaban J connectivity index is 3.97. The topological polar surface area (TPSA) is 12.0 Å². The molecule has 0 atom stereocenters. The molecule has 0 saturated carbocycles. The highest BCUT2D eigenvalue weighted by molar-refractivity contribution is 5.37. The molecule has 0 heterocycles. The van der Waals surface area contributed by atoms with Crippen molar-refractivity contribution >= 4 is 0 Å². The third-order valence-electron chi connectivity index (χ3n) is 1.60. The van der Waals surface area contributed by atoms with E-state index in [-0.39, 0.29) is 0 Å². The van der Waals surface area contributed by atoms with Gasteiger partial charge in [-0.2, -0.15) is 0 Å². The smallest absolute Gasteiger partial charge is 0.116 e. The first-order valence-corrected chi connectivity index (χ1v) is 4.12. The summed E-state index contributed by atoms with van der Waals surface area (Å²) in [6.45, 7) is 11.5. The lowest BCUT2D eigenvalue weighted by Crippen LogP contribution is -2.08. The van der Waals surface area contributed by atoms with Crippen LogP contribution in [0.5, 0.6) is 0 Å². The van der Waals surface area contributed by atoms with Crippen LogP contribution in [-0.2, 0) is 0 Å². The van der Waals surface area contributed by atoms with Gasteiger partial charge in [0, 0.05) is 0 Å². The third kappa shape index (κ3) is 6.05. The lowest BCUT2D eigenvalue weighted by Gasteiger charge is -2.03. The maximum Gasteiger partial charge on any atom is 0.116 e. The van der Waals surface area contributed by atoms with Gasteiger partial charge in [0.25, 0.3) is 0 Å². The summed E-state index contributed by atoms with van der Waals surface area (Å²) in [6.07, 6.45) is 3.69. The zero-order valence-electron chi connectivity index (χ0n) is 8.07. The number of hydrogen-bond donors (Lipinski definition) is 1. The van der Waals surface area contributed by atoms with Crippen LogP contribution in [0.25, 0.3) is 0 Å². The molecule has 2 heteroatoms.